The molecule has 50 heavy (non-hydrogen) atoms. The van der Waals surface area contributed by atoms with Crippen molar-refractivity contribution in [2.24, 2.45) is 0 Å². The van der Waals surface area contributed by atoms with Crippen LogP contribution in [0.3, 0.4) is 0 Å². The number of para-hydroxylation sites is 1. The molecule has 1 aliphatic heterocycles. The molecule has 0 unspecified atom stereocenters. The number of hydrogen-bond acceptors (Lipinski definition) is 1. The zero-order chi connectivity index (χ0) is 32.8. The van der Waals surface area contributed by atoms with Crippen LogP contribution < -0.4 is 4.74 Å². The number of benzene rings is 6. The number of rotatable bonds is 3. The van der Waals surface area contributed by atoms with Crippen LogP contribution in [0.2, 0.25) is 0 Å². The molecule has 0 bridgehead atoms. The van der Waals surface area contributed by atoms with Gasteiger partial charge in [0.05, 0.1) is 33.5 Å². The number of hydrogen-bond donors (Lipinski definition) is 0. The minimum atomic E-state index is 0.554. The molecule has 3 heterocycles. The smallest absolute Gasteiger partial charge is 0.130 e. The highest BCUT2D eigenvalue weighted by atomic mass is 16.5. The summed E-state index contributed by atoms with van der Waals surface area (Å²) in [7, 11) is 0. The van der Waals surface area contributed by atoms with E-state index in [1.807, 2.05) is 6.07 Å². The molecule has 0 N–H and O–H groups in total. The van der Waals surface area contributed by atoms with Crippen molar-refractivity contribution in [3.8, 4) is 39.4 Å². The first kappa shape index (κ1) is 27.5. The normalized spacial score (nSPS) is 13.3. The van der Waals surface area contributed by atoms with Gasteiger partial charge < -0.3 is 13.9 Å². The van der Waals surface area contributed by atoms with Gasteiger partial charge in [0.15, 0.2) is 0 Å². The van der Waals surface area contributed by atoms with Crippen LogP contribution in [0.4, 0.5) is 0 Å². The fourth-order valence-electron chi connectivity index (χ4n) is 8.49. The van der Waals surface area contributed by atoms with E-state index >= 15 is 0 Å². The third-order valence-corrected chi connectivity index (χ3v) is 10.7. The Bertz CT molecular complexity index is 2880. The second-order valence-electron chi connectivity index (χ2n) is 13.4. The molecule has 234 valence electrons. The first-order valence-electron chi connectivity index (χ1n) is 17.4. The molecular formula is C47H30N2O. The molecule has 0 spiro atoms. The first-order chi connectivity index (χ1) is 24.8. The molecule has 2 aromatic heterocycles. The van der Waals surface area contributed by atoms with Gasteiger partial charge in [-0.3, -0.25) is 0 Å². The van der Waals surface area contributed by atoms with E-state index < -0.39 is 0 Å². The highest BCUT2D eigenvalue weighted by molar-refractivity contribution is 6.12. The second-order valence-corrected chi connectivity index (χ2v) is 13.4. The summed E-state index contributed by atoms with van der Waals surface area (Å²) in [6.45, 7) is 0.554. The lowest BCUT2D eigenvalue weighted by Gasteiger charge is -2.24. The van der Waals surface area contributed by atoms with Crippen LogP contribution in [-0.4, -0.2) is 9.13 Å². The van der Waals surface area contributed by atoms with Crippen LogP contribution >= 0.6 is 0 Å². The lowest BCUT2D eigenvalue weighted by molar-refractivity contribution is 0.302. The SMILES string of the molecule is c1ccc2c(c#1)-c1c(cccc1-n1c3c(c4cc(-c5ccc6c(c5)c5ccccc5n6-c5cccc6ccccc56)ccc41)C=CCC3)OC2. The fraction of sp³-hybridized carbons (Fsp3) is 0.0638. The number of fused-ring (bicyclic) bond motifs is 10. The van der Waals surface area contributed by atoms with Crippen molar-refractivity contribution in [2.45, 2.75) is 19.4 Å². The Hall–Kier alpha value is -6.50. The highest BCUT2D eigenvalue weighted by Crippen LogP contribution is 2.45. The third-order valence-electron chi connectivity index (χ3n) is 10.7. The molecule has 2 aliphatic rings. The molecule has 11 rings (SSSR count). The zero-order valence-electron chi connectivity index (χ0n) is 27.3. The van der Waals surface area contributed by atoms with E-state index in [0.717, 1.165) is 41.0 Å². The lowest BCUT2D eigenvalue weighted by Crippen LogP contribution is -2.10. The van der Waals surface area contributed by atoms with Crippen LogP contribution in [0.25, 0.3) is 83.2 Å². The number of allylic oxidation sites excluding steroid dienone is 1. The number of aromatic nitrogens is 2. The standard InChI is InChI=1S/C47H30N2O/c1-3-14-34-30(11-1)13-9-20-40(34)48-41-18-7-5-16-36(41)38-27-31(23-25-43(38)48)32-24-26-44-39(28-32)37-17-6-8-19-42(37)49(44)45-21-10-22-46-47(45)35-15-4-2-12-33(35)29-50-46/h1-3,5-7,9-14,16-18,20-28H,8,19,29H2. The molecule has 0 fully saturated rings. The highest BCUT2D eigenvalue weighted by Gasteiger charge is 2.26. The van der Waals surface area contributed by atoms with Gasteiger partial charge in [0.25, 0.3) is 0 Å². The number of ether oxygens (including phenoxy) is 1. The van der Waals surface area contributed by atoms with Gasteiger partial charge in [0.2, 0.25) is 0 Å². The van der Waals surface area contributed by atoms with E-state index in [1.165, 1.54) is 71.6 Å². The Morgan fingerprint density at radius 1 is 0.600 bits per heavy atom. The van der Waals surface area contributed by atoms with Gasteiger partial charge in [0.1, 0.15) is 12.4 Å². The van der Waals surface area contributed by atoms with Crippen molar-refractivity contribution in [3.63, 3.8) is 0 Å². The Morgan fingerprint density at radius 2 is 1.34 bits per heavy atom. The summed E-state index contributed by atoms with van der Waals surface area (Å²) in [4.78, 5) is 0. The van der Waals surface area contributed by atoms with Gasteiger partial charge in [-0.25, -0.2) is 0 Å². The number of nitrogens with zero attached hydrogens (tertiary/aromatic N) is 2. The van der Waals surface area contributed by atoms with Gasteiger partial charge in [-0.1, -0.05) is 97.1 Å². The van der Waals surface area contributed by atoms with Crippen LogP contribution in [-0.2, 0) is 13.0 Å². The van der Waals surface area contributed by atoms with E-state index in [0.29, 0.717) is 6.61 Å². The van der Waals surface area contributed by atoms with Crippen LogP contribution in [0.1, 0.15) is 23.2 Å². The first-order valence-corrected chi connectivity index (χ1v) is 17.4. The van der Waals surface area contributed by atoms with Gasteiger partial charge in [-0.15, -0.1) is 0 Å². The van der Waals surface area contributed by atoms with Gasteiger partial charge in [-0.2, -0.15) is 0 Å². The van der Waals surface area contributed by atoms with Crippen LogP contribution in [0, 0.1) is 12.1 Å². The molecule has 0 saturated heterocycles. The van der Waals surface area contributed by atoms with E-state index in [4.69, 9.17) is 4.74 Å². The molecule has 0 atom stereocenters. The van der Waals surface area contributed by atoms with E-state index in [1.54, 1.807) is 0 Å². The third kappa shape index (κ3) is 3.88. The molecular weight excluding hydrogens is 609 g/mol. The maximum Gasteiger partial charge on any atom is 0.130 e. The molecule has 3 heteroatoms. The fourth-order valence-corrected chi connectivity index (χ4v) is 8.49. The summed E-state index contributed by atoms with van der Waals surface area (Å²) >= 11 is 0. The minimum Gasteiger partial charge on any atom is -0.488 e. The molecule has 0 radical (unpaired) electrons. The topological polar surface area (TPSA) is 19.1 Å². The summed E-state index contributed by atoms with van der Waals surface area (Å²) in [5, 5.41) is 6.28. The van der Waals surface area contributed by atoms with E-state index in [-0.39, 0.29) is 0 Å². The molecule has 0 amide bonds. The van der Waals surface area contributed by atoms with E-state index in [9.17, 15) is 0 Å². The largest absolute Gasteiger partial charge is 0.488 e. The minimum absolute atomic E-state index is 0.554. The van der Waals surface area contributed by atoms with E-state index in [2.05, 4.69) is 161 Å². The van der Waals surface area contributed by atoms with Crippen LogP contribution in [0.5, 0.6) is 5.75 Å². The lowest BCUT2D eigenvalue weighted by atomic mass is 9.96. The Morgan fingerprint density at radius 3 is 2.26 bits per heavy atom. The Labute approximate surface area is 289 Å². The zero-order valence-corrected chi connectivity index (χ0v) is 27.3. The summed E-state index contributed by atoms with van der Waals surface area (Å²) in [5.74, 6) is 0.903. The van der Waals surface area contributed by atoms with Crippen molar-refractivity contribution in [1.29, 1.82) is 0 Å². The van der Waals surface area contributed by atoms with Crippen molar-refractivity contribution < 1.29 is 4.74 Å². The van der Waals surface area contributed by atoms with Crippen molar-refractivity contribution in [2.75, 3.05) is 0 Å². The van der Waals surface area contributed by atoms with Crippen LogP contribution in [0.15, 0.2) is 140 Å². The maximum absolute atomic E-state index is 6.28. The predicted molar refractivity (Wildman–Crippen MR) is 205 cm³/mol. The predicted octanol–water partition coefficient (Wildman–Crippen LogP) is 11.7. The summed E-state index contributed by atoms with van der Waals surface area (Å²) in [6, 6.07) is 55.1. The summed E-state index contributed by atoms with van der Waals surface area (Å²) < 4.78 is 11.2. The molecule has 3 nitrogen and oxygen atoms in total. The van der Waals surface area contributed by atoms with Crippen molar-refractivity contribution in [3.05, 3.63) is 168 Å². The Balaban J connectivity index is 1.11. The summed E-state index contributed by atoms with van der Waals surface area (Å²) in [5.41, 5.74) is 14.4. The van der Waals surface area contributed by atoms with Gasteiger partial charge in [-0.05, 0) is 90.0 Å². The molecule has 7 aromatic carbocycles. The molecule has 9 aromatic rings. The van der Waals surface area contributed by atoms with Crippen molar-refractivity contribution >= 4 is 49.6 Å². The van der Waals surface area contributed by atoms with Gasteiger partial charge in [0, 0.05) is 43.9 Å². The monoisotopic (exact) mass is 638 g/mol. The summed E-state index contributed by atoms with van der Waals surface area (Å²) in [6.07, 6.45) is 6.64. The average Bonchev–Trinajstić information content (AvgIpc) is 3.69. The Kier molecular flexibility index (Phi) is 5.76. The maximum atomic E-state index is 6.28. The molecule has 1 aliphatic carbocycles. The quantitative estimate of drug-likeness (QED) is 0.188. The second kappa shape index (κ2) is 10.5. The van der Waals surface area contributed by atoms with Crippen molar-refractivity contribution in [1.82, 2.24) is 9.13 Å². The molecule has 0 saturated carbocycles. The average molecular weight is 639 g/mol. The van der Waals surface area contributed by atoms with Gasteiger partial charge >= 0.3 is 0 Å².